The van der Waals surface area contributed by atoms with Crippen LogP contribution < -0.4 is 4.74 Å². The molecule has 1 fully saturated rings. The second kappa shape index (κ2) is 12.9. The summed E-state index contributed by atoms with van der Waals surface area (Å²) in [7, 11) is 0. The largest absolute Gasteiger partial charge is 0.491 e. The maximum atomic E-state index is 8.36. The number of aromatic nitrogens is 5. The monoisotopic (exact) mass is 576 g/mol. The number of benzene rings is 2. The third-order valence-corrected chi connectivity index (χ3v) is 6.35. The topological polar surface area (TPSA) is 140 Å². The number of hydrogen-bond acceptors (Lipinski definition) is 8. The number of ether oxygens (including phenoxy) is 3. The number of nitrogens with zero attached hydrogens (tertiary/aromatic N) is 6. The van der Waals surface area contributed by atoms with E-state index in [0.717, 1.165) is 30.0 Å². The van der Waals surface area contributed by atoms with Gasteiger partial charge in [-0.1, -0.05) is 36.2 Å². The van der Waals surface area contributed by atoms with Crippen LogP contribution >= 0.6 is 23.2 Å². The Hall–Kier alpha value is -3.71. The summed E-state index contributed by atoms with van der Waals surface area (Å²) in [6, 6.07) is 13.2. The SMILES string of the molecule is CCCn1cncc1-c1ccc(OCC2COC(Cn3cncn3)(c3ccc(Cl)cc3Cl)O2)cc1.O=[N+]([O-])O. The summed E-state index contributed by atoms with van der Waals surface area (Å²) < 4.78 is 22.4. The van der Waals surface area contributed by atoms with Crippen LogP contribution in [0.5, 0.6) is 5.75 Å². The molecule has 2 aromatic carbocycles. The number of rotatable bonds is 9. The van der Waals surface area contributed by atoms with E-state index in [0.29, 0.717) is 28.8 Å². The van der Waals surface area contributed by atoms with E-state index in [-0.39, 0.29) is 12.6 Å². The van der Waals surface area contributed by atoms with Crippen LogP contribution in [0.1, 0.15) is 18.9 Å². The van der Waals surface area contributed by atoms with Crippen molar-refractivity contribution in [1.82, 2.24) is 24.3 Å². The van der Waals surface area contributed by atoms with E-state index in [1.54, 1.807) is 23.1 Å². The van der Waals surface area contributed by atoms with Gasteiger partial charge >= 0.3 is 0 Å². The first kappa shape index (κ1) is 28.3. The lowest BCUT2D eigenvalue weighted by Crippen LogP contribution is -2.35. The Kier molecular flexibility index (Phi) is 9.36. The Bertz CT molecular complexity index is 1360. The molecule has 3 heterocycles. The molecule has 2 unspecified atom stereocenters. The molecular weight excluding hydrogens is 551 g/mol. The van der Waals surface area contributed by atoms with E-state index in [4.69, 9.17) is 52.7 Å². The van der Waals surface area contributed by atoms with Crippen molar-refractivity contribution in [2.45, 2.75) is 38.3 Å². The number of imidazole rings is 1. The average Bonchev–Trinajstić information content (AvgIpc) is 3.66. The average molecular weight is 577 g/mol. The Balaban J connectivity index is 0.000000826. The summed E-state index contributed by atoms with van der Waals surface area (Å²) in [5, 5.41) is 18.8. The first-order valence-electron chi connectivity index (χ1n) is 12.0. The van der Waals surface area contributed by atoms with Crippen molar-refractivity contribution in [3.63, 3.8) is 0 Å². The summed E-state index contributed by atoms with van der Waals surface area (Å²) in [4.78, 5) is 16.7. The van der Waals surface area contributed by atoms with Crippen LogP contribution in [0.15, 0.2) is 67.6 Å². The van der Waals surface area contributed by atoms with Gasteiger partial charge in [-0.3, -0.25) is 0 Å². The van der Waals surface area contributed by atoms with Gasteiger partial charge in [-0.2, -0.15) is 5.10 Å². The van der Waals surface area contributed by atoms with Crippen LogP contribution in [0.25, 0.3) is 11.3 Å². The highest BCUT2D eigenvalue weighted by Crippen LogP contribution is 2.40. The maximum Gasteiger partial charge on any atom is 0.291 e. The van der Waals surface area contributed by atoms with E-state index < -0.39 is 10.9 Å². The Morgan fingerprint density at radius 2 is 1.97 bits per heavy atom. The fraction of sp³-hybridized carbons (Fsp3) is 0.320. The summed E-state index contributed by atoms with van der Waals surface area (Å²) in [5.74, 6) is -0.387. The molecule has 4 aromatic rings. The van der Waals surface area contributed by atoms with Gasteiger partial charge in [0.2, 0.25) is 5.79 Å². The van der Waals surface area contributed by atoms with Gasteiger partial charge in [0.15, 0.2) is 0 Å². The fourth-order valence-electron chi connectivity index (χ4n) is 4.17. The first-order chi connectivity index (χ1) is 18.8. The molecule has 5 rings (SSSR count). The summed E-state index contributed by atoms with van der Waals surface area (Å²) in [6.45, 7) is 4.02. The lowest BCUT2D eigenvalue weighted by atomic mass is 10.1. The zero-order valence-corrected chi connectivity index (χ0v) is 22.4. The second-order valence-corrected chi connectivity index (χ2v) is 9.41. The Morgan fingerprint density at radius 1 is 1.21 bits per heavy atom. The van der Waals surface area contributed by atoms with Crippen LogP contribution in [0.3, 0.4) is 0 Å². The molecule has 0 spiro atoms. The van der Waals surface area contributed by atoms with Gasteiger partial charge in [0, 0.05) is 22.7 Å². The predicted molar refractivity (Wildman–Crippen MR) is 141 cm³/mol. The lowest BCUT2D eigenvalue weighted by molar-refractivity contribution is -0.742. The minimum atomic E-state index is -1.50. The quantitative estimate of drug-likeness (QED) is 0.218. The second-order valence-electron chi connectivity index (χ2n) is 8.57. The Labute approximate surface area is 233 Å². The molecule has 1 N–H and O–H groups in total. The van der Waals surface area contributed by atoms with E-state index in [1.807, 2.05) is 42.9 Å². The van der Waals surface area contributed by atoms with Gasteiger partial charge in [0.25, 0.3) is 5.09 Å². The molecule has 2 aromatic heterocycles. The van der Waals surface area contributed by atoms with Crippen molar-refractivity contribution in [3.8, 4) is 17.0 Å². The number of halogens is 2. The highest BCUT2D eigenvalue weighted by atomic mass is 35.5. The van der Waals surface area contributed by atoms with Crippen LogP contribution in [0.2, 0.25) is 10.0 Å². The molecule has 12 nitrogen and oxygen atoms in total. The van der Waals surface area contributed by atoms with E-state index in [2.05, 4.69) is 26.6 Å². The molecule has 0 bridgehead atoms. The summed E-state index contributed by atoms with van der Waals surface area (Å²) in [6.07, 6.45) is 7.55. The van der Waals surface area contributed by atoms with Gasteiger partial charge in [-0.25, -0.2) is 14.6 Å². The van der Waals surface area contributed by atoms with Gasteiger partial charge in [-0.05, 0) is 42.8 Å². The minimum absolute atomic E-state index is 0.283. The van der Waals surface area contributed by atoms with Crippen molar-refractivity contribution >= 4 is 23.2 Å². The van der Waals surface area contributed by atoms with Crippen LogP contribution in [-0.2, 0) is 28.4 Å². The minimum Gasteiger partial charge on any atom is -0.491 e. The van der Waals surface area contributed by atoms with Crippen molar-refractivity contribution in [2.24, 2.45) is 0 Å². The van der Waals surface area contributed by atoms with Crippen LogP contribution in [0.4, 0.5) is 0 Å². The molecule has 0 saturated carbocycles. The van der Waals surface area contributed by atoms with Gasteiger partial charge in [0.05, 0.1) is 29.8 Å². The summed E-state index contributed by atoms with van der Waals surface area (Å²) >= 11 is 12.6. The molecule has 206 valence electrons. The molecular formula is C25H26Cl2N6O6. The van der Waals surface area contributed by atoms with Gasteiger partial charge in [-0.15, -0.1) is 10.1 Å². The predicted octanol–water partition coefficient (Wildman–Crippen LogP) is 4.86. The molecule has 0 aliphatic carbocycles. The fourth-order valence-corrected chi connectivity index (χ4v) is 4.73. The normalized spacial score (nSPS) is 18.4. The molecule has 0 radical (unpaired) electrons. The van der Waals surface area contributed by atoms with Crippen LogP contribution in [0, 0.1) is 10.1 Å². The van der Waals surface area contributed by atoms with E-state index in [1.165, 1.54) is 6.33 Å². The molecule has 0 amide bonds. The lowest BCUT2D eigenvalue weighted by Gasteiger charge is -2.29. The van der Waals surface area contributed by atoms with Crippen LogP contribution in [-0.4, -0.2) is 53.9 Å². The molecule has 1 saturated heterocycles. The van der Waals surface area contributed by atoms with Crippen molar-refractivity contribution in [1.29, 1.82) is 0 Å². The molecule has 39 heavy (non-hydrogen) atoms. The molecule has 2 atom stereocenters. The standard InChI is InChI=1S/C25H25Cl2N5O3.HNO3/c1-2-9-31-16-28-11-24(31)18-3-6-20(7-4-18)33-12-21-13-34-25(35-21,14-32-17-29-15-30-32)22-8-5-19(26)10-23(22)27;2-1(3)4/h3-8,10-11,15-17,21H,2,9,12-14H2,1H3;(H,2,3,4). The van der Waals surface area contributed by atoms with Gasteiger partial charge in [0.1, 0.15) is 37.7 Å². The van der Waals surface area contributed by atoms with Crippen molar-refractivity contribution < 1.29 is 24.5 Å². The van der Waals surface area contributed by atoms with Crippen molar-refractivity contribution in [3.05, 3.63) is 93.4 Å². The van der Waals surface area contributed by atoms with Gasteiger partial charge < -0.3 is 24.0 Å². The molecule has 14 heteroatoms. The molecule has 1 aliphatic heterocycles. The third kappa shape index (κ3) is 7.24. The van der Waals surface area contributed by atoms with E-state index >= 15 is 0 Å². The zero-order valence-electron chi connectivity index (χ0n) is 20.9. The highest BCUT2D eigenvalue weighted by molar-refractivity contribution is 6.35. The first-order valence-corrected chi connectivity index (χ1v) is 12.7. The zero-order chi connectivity index (χ0) is 27.8. The Morgan fingerprint density at radius 3 is 2.64 bits per heavy atom. The smallest absolute Gasteiger partial charge is 0.291 e. The highest BCUT2D eigenvalue weighted by Gasteiger charge is 2.45. The number of hydrogen-bond donors (Lipinski definition) is 1. The number of aryl methyl sites for hydroxylation is 1. The maximum absolute atomic E-state index is 8.36. The third-order valence-electron chi connectivity index (χ3n) is 5.80. The molecule has 1 aliphatic rings. The summed E-state index contributed by atoms with van der Waals surface area (Å²) in [5.41, 5.74) is 2.85. The van der Waals surface area contributed by atoms with E-state index in [9.17, 15) is 0 Å². The van der Waals surface area contributed by atoms with Crippen molar-refractivity contribution in [2.75, 3.05) is 13.2 Å².